The van der Waals surface area contributed by atoms with Crippen molar-refractivity contribution in [3.8, 4) is 0 Å². The molecule has 0 spiro atoms. The topological polar surface area (TPSA) is 54.3 Å². The maximum absolute atomic E-state index is 12.3. The number of aliphatic hydroxyl groups excluding tert-OH is 1. The van der Waals surface area contributed by atoms with Crippen molar-refractivity contribution in [3.05, 3.63) is 24.0 Å². The van der Waals surface area contributed by atoms with Gasteiger partial charge in [-0.3, -0.25) is 4.79 Å². The first-order valence-corrected chi connectivity index (χ1v) is 7.33. The van der Waals surface area contributed by atoms with Crippen LogP contribution < -0.4 is 5.32 Å². The Labute approximate surface area is 114 Å². The largest absolute Gasteiger partial charge is 0.396 e. The van der Waals surface area contributed by atoms with Gasteiger partial charge in [0, 0.05) is 31.3 Å². The number of amides is 1. The minimum Gasteiger partial charge on any atom is -0.396 e. The molecule has 2 rings (SSSR count). The summed E-state index contributed by atoms with van der Waals surface area (Å²) in [6, 6.07) is 3.90. The van der Waals surface area contributed by atoms with Crippen molar-refractivity contribution in [1.29, 1.82) is 0 Å². The van der Waals surface area contributed by atoms with Gasteiger partial charge in [0.1, 0.15) is 5.69 Å². The molecule has 1 saturated carbocycles. The fourth-order valence-electron chi connectivity index (χ4n) is 2.91. The Bertz CT molecular complexity index is 414. The van der Waals surface area contributed by atoms with Crippen LogP contribution in [0.1, 0.15) is 49.5 Å². The summed E-state index contributed by atoms with van der Waals surface area (Å²) >= 11 is 0. The third-order valence-electron chi connectivity index (χ3n) is 3.99. The van der Waals surface area contributed by atoms with Gasteiger partial charge in [-0.1, -0.05) is 19.8 Å². The SMILES string of the molecule is CCCn1cccc1C(=O)NC1CCCCC1CO. The molecule has 1 aromatic heterocycles. The van der Waals surface area contributed by atoms with Crippen LogP contribution in [0, 0.1) is 5.92 Å². The van der Waals surface area contributed by atoms with Crippen LogP contribution in [0.3, 0.4) is 0 Å². The summed E-state index contributed by atoms with van der Waals surface area (Å²) in [7, 11) is 0. The second kappa shape index (κ2) is 6.75. The molecule has 0 bridgehead atoms. The van der Waals surface area contributed by atoms with Gasteiger partial charge in [0.2, 0.25) is 0 Å². The Morgan fingerprint density at radius 1 is 1.47 bits per heavy atom. The highest BCUT2D eigenvalue weighted by molar-refractivity contribution is 5.92. The van der Waals surface area contributed by atoms with Crippen LogP contribution in [0.15, 0.2) is 18.3 Å². The summed E-state index contributed by atoms with van der Waals surface area (Å²) in [5.41, 5.74) is 0.726. The van der Waals surface area contributed by atoms with Gasteiger partial charge in [-0.15, -0.1) is 0 Å². The van der Waals surface area contributed by atoms with Crippen LogP contribution in [0.25, 0.3) is 0 Å². The highest BCUT2D eigenvalue weighted by Gasteiger charge is 2.26. The highest BCUT2D eigenvalue weighted by atomic mass is 16.3. The van der Waals surface area contributed by atoms with Crippen LogP contribution in [-0.4, -0.2) is 28.2 Å². The molecule has 106 valence electrons. The molecular formula is C15H24N2O2. The van der Waals surface area contributed by atoms with Crippen LogP contribution in [-0.2, 0) is 6.54 Å². The molecular weight excluding hydrogens is 240 g/mol. The van der Waals surface area contributed by atoms with E-state index in [0.717, 1.165) is 44.3 Å². The molecule has 4 heteroatoms. The maximum Gasteiger partial charge on any atom is 0.268 e. The zero-order valence-electron chi connectivity index (χ0n) is 11.6. The van der Waals surface area contributed by atoms with E-state index in [4.69, 9.17) is 0 Å². The standard InChI is InChI=1S/C15H24N2O2/c1-2-9-17-10-5-8-14(17)15(19)16-13-7-4-3-6-12(13)11-18/h5,8,10,12-13,18H,2-4,6-7,9,11H2,1H3,(H,16,19). The number of aliphatic hydroxyl groups is 1. The van der Waals surface area contributed by atoms with E-state index in [2.05, 4.69) is 12.2 Å². The molecule has 1 aliphatic rings. The van der Waals surface area contributed by atoms with Gasteiger partial charge in [0.25, 0.3) is 5.91 Å². The Hall–Kier alpha value is -1.29. The van der Waals surface area contributed by atoms with Gasteiger partial charge >= 0.3 is 0 Å². The molecule has 2 unspecified atom stereocenters. The van der Waals surface area contributed by atoms with E-state index in [1.54, 1.807) is 0 Å². The minimum atomic E-state index is -0.0104. The van der Waals surface area contributed by atoms with Crippen molar-refractivity contribution in [2.24, 2.45) is 5.92 Å². The molecule has 19 heavy (non-hydrogen) atoms. The zero-order chi connectivity index (χ0) is 13.7. The van der Waals surface area contributed by atoms with Gasteiger partial charge < -0.3 is 15.0 Å². The molecule has 1 aromatic rings. The number of aryl methyl sites for hydroxylation is 1. The maximum atomic E-state index is 12.3. The number of rotatable bonds is 5. The number of nitrogens with zero attached hydrogens (tertiary/aromatic N) is 1. The molecule has 2 atom stereocenters. The number of hydrogen-bond acceptors (Lipinski definition) is 2. The molecule has 0 aliphatic heterocycles. The van der Waals surface area contributed by atoms with E-state index < -0.39 is 0 Å². The van der Waals surface area contributed by atoms with E-state index in [-0.39, 0.29) is 24.5 Å². The second-order valence-electron chi connectivity index (χ2n) is 5.39. The summed E-state index contributed by atoms with van der Waals surface area (Å²) in [5, 5.41) is 12.5. The molecule has 1 aliphatic carbocycles. The predicted octanol–water partition coefficient (Wildman–Crippen LogP) is 2.18. The number of carbonyl (C=O) groups excluding carboxylic acids is 1. The summed E-state index contributed by atoms with van der Waals surface area (Å²) in [4.78, 5) is 12.3. The molecule has 0 aromatic carbocycles. The molecule has 1 amide bonds. The predicted molar refractivity (Wildman–Crippen MR) is 75.0 cm³/mol. The van der Waals surface area contributed by atoms with Crippen molar-refractivity contribution in [2.75, 3.05) is 6.61 Å². The monoisotopic (exact) mass is 264 g/mol. The second-order valence-corrected chi connectivity index (χ2v) is 5.39. The Balaban J connectivity index is 2.01. The highest BCUT2D eigenvalue weighted by Crippen LogP contribution is 2.24. The Morgan fingerprint density at radius 2 is 2.26 bits per heavy atom. The molecule has 1 fully saturated rings. The number of hydrogen-bond donors (Lipinski definition) is 2. The first-order chi connectivity index (χ1) is 9.26. The van der Waals surface area contributed by atoms with E-state index in [9.17, 15) is 9.90 Å². The lowest BCUT2D eigenvalue weighted by atomic mass is 9.85. The van der Waals surface area contributed by atoms with Crippen LogP contribution >= 0.6 is 0 Å². The van der Waals surface area contributed by atoms with Gasteiger partial charge in [-0.25, -0.2) is 0 Å². The van der Waals surface area contributed by atoms with Gasteiger partial charge in [0.05, 0.1) is 0 Å². The molecule has 0 radical (unpaired) electrons. The smallest absolute Gasteiger partial charge is 0.268 e. The lowest BCUT2D eigenvalue weighted by Crippen LogP contribution is -2.43. The lowest BCUT2D eigenvalue weighted by Gasteiger charge is -2.30. The Kier molecular flexibility index (Phi) is 5.02. The third kappa shape index (κ3) is 3.38. The first-order valence-electron chi connectivity index (χ1n) is 7.33. The van der Waals surface area contributed by atoms with E-state index in [1.807, 2.05) is 22.9 Å². The molecule has 4 nitrogen and oxygen atoms in total. The van der Waals surface area contributed by atoms with Gasteiger partial charge in [0.15, 0.2) is 0 Å². The number of aromatic nitrogens is 1. The first kappa shape index (κ1) is 14.1. The van der Waals surface area contributed by atoms with Crippen LogP contribution in [0.2, 0.25) is 0 Å². The van der Waals surface area contributed by atoms with Crippen molar-refractivity contribution in [2.45, 2.75) is 51.6 Å². The third-order valence-corrected chi connectivity index (χ3v) is 3.99. The van der Waals surface area contributed by atoms with Gasteiger partial charge in [-0.05, 0) is 31.4 Å². The van der Waals surface area contributed by atoms with Crippen molar-refractivity contribution in [3.63, 3.8) is 0 Å². The van der Waals surface area contributed by atoms with E-state index in [1.165, 1.54) is 0 Å². The van der Waals surface area contributed by atoms with E-state index in [0.29, 0.717) is 0 Å². The summed E-state index contributed by atoms with van der Waals surface area (Å²) in [6.07, 6.45) is 7.24. The number of nitrogens with one attached hydrogen (secondary N) is 1. The van der Waals surface area contributed by atoms with Crippen molar-refractivity contribution in [1.82, 2.24) is 9.88 Å². The quantitative estimate of drug-likeness (QED) is 0.856. The van der Waals surface area contributed by atoms with Crippen molar-refractivity contribution >= 4 is 5.91 Å². The van der Waals surface area contributed by atoms with Crippen LogP contribution in [0.5, 0.6) is 0 Å². The fourth-order valence-corrected chi connectivity index (χ4v) is 2.91. The molecule has 0 saturated heterocycles. The average Bonchev–Trinajstić information content (AvgIpc) is 2.88. The minimum absolute atomic E-state index is 0.0104. The normalized spacial score (nSPS) is 23.3. The summed E-state index contributed by atoms with van der Waals surface area (Å²) in [5.74, 6) is 0.205. The van der Waals surface area contributed by atoms with Crippen molar-refractivity contribution < 1.29 is 9.90 Å². The summed E-state index contributed by atoms with van der Waals surface area (Å²) in [6.45, 7) is 3.13. The van der Waals surface area contributed by atoms with E-state index >= 15 is 0 Å². The molecule has 2 N–H and O–H groups in total. The molecule has 1 heterocycles. The zero-order valence-corrected chi connectivity index (χ0v) is 11.6. The average molecular weight is 264 g/mol. The fraction of sp³-hybridized carbons (Fsp3) is 0.667. The summed E-state index contributed by atoms with van der Waals surface area (Å²) < 4.78 is 1.99. The number of carbonyl (C=O) groups is 1. The Morgan fingerprint density at radius 3 is 3.00 bits per heavy atom. The van der Waals surface area contributed by atoms with Gasteiger partial charge in [-0.2, -0.15) is 0 Å². The lowest BCUT2D eigenvalue weighted by molar-refractivity contribution is 0.0863. The van der Waals surface area contributed by atoms with Crippen LogP contribution in [0.4, 0.5) is 0 Å².